The van der Waals surface area contributed by atoms with Crippen molar-refractivity contribution < 1.29 is 0 Å². The van der Waals surface area contributed by atoms with Gasteiger partial charge in [0.05, 0.1) is 0 Å². The Morgan fingerprint density at radius 3 is 2.64 bits per heavy atom. The summed E-state index contributed by atoms with van der Waals surface area (Å²) in [6, 6.07) is 11.0. The topological polar surface area (TPSA) is 0 Å². The Labute approximate surface area is 85.6 Å². The molecule has 0 heteroatoms. The number of hydrogen-bond donors (Lipinski definition) is 0. The Kier molecular flexibility index (Phi) is 1.93. The van der Waals surface area contributed by atoms with Crippen LogP contribution in [-0.2, 0) is 0 Å². The molecule has 0 N–H and O–H groups in total. The summed E-state index contributed by atoms with van der Waals surface area (Å²) in [7, 11) is 0. The van der Waals surface area contributed by atoms with Gasteiger partial charge in [0.15, 0.2) is 0 Å². The molecule has 1 aromatic carbocycles. The largest absolute Gasteiger partial charge is 0.0850 e. The first kappa shape index (κ1) is 8.28. The van der Waals surface area contributed by atoms with Gasteiger partial charge in [-0.3, -0.25) is 0 Å². The van der Waals surface area contributed by atoms with Gasteiger partial charge in [0, 0.05) is 0 Å². The third-order valence-electron chi connectivity index (χ3n) is 3.77. The third-order valence-corrected chi connectivity index (χ3v) is 3.77. The summed E-state index contributed by atoms with van der Waals surface area (Å²) in [6.07, 6.45) is 7.96. The van der Waals surface area contributed by atoms with Gasteiger partial charge < -0.3 is 0 Å². The minimum Gasteiger partial charge on any atom is -0.0850 e. The van der Waals surface area contributed by atoms with E-state index >= 15 is 0 Å². The van der Waals surface area contributed by atoms with E-state index < -0.39 is 0 Å². The Balaban J connectivity index is 1.84. The maximum atomic E-state index is 2.48. The summed E-state index contributed by atoms with van der Waals surface area (Å²) in [6.45, 7) is 0. The third kappa shape index (κ3) is 1.21. The fourth-order valence-electron chi connectivity index (χ4n) is 2.94. The predicted octanol–water partition coefficient (Wildman–Crippen LogP) is 3.90. The van der Waals surface area contributed by atoms with E-state index in [0.29, 0.717) is 0 Å². The van der Waals surface area contributed by atoms with Gasteiger partial charge in [-0.15, -0.1) is 0 Å². The lowest BCUT2D eigenvalue weighted by molar-refractivity contribution is 0.322. The molecule has 72 valence electrons. The molecule has 1 fully saturated rings. The normalized spacial score (nSPS) is 30.1. The highest BCUT2D eigenvalue weighted by atomic mass is 14.4. The maximum absolute atomic E-state index is 2.48. The van der Waals surface area contributed by atoms with Crippen molar-refractivity contribution in [3.8, 4) is 0 Å². The van der Waals surface area contributed by atoms with Crippen molar-refractivity contribution >= 4 is 0 Å². The van der Waals surface area contributed by atoms with Gasteiger partial charge in [-0.25, -0.2) is 0 Å². The zero-order chi connectivity index (χ0) is 9.38. The highest BCUT2D eigenvalue weighted by Crippen LogP contribution is 2.51. The predicted molar refractivity (Wildman–Crippen MR) is 59.2 cm³/mol. The van der Waals surface area contributed by atoms with Crippen LogP contribution in [0.3, 0.4) is 0 Å². The van der Waals surface area contributed by atoms with Crippen molar-refractivity contribution in [2.75, 3.05) is 0 Å². The second-order valence-electron chi connectivity index (χ2n) is 4.54. The highest BCUT2D eigenvalue weighted by Gasteiger charge is 2.37. The molecule has 0 bridgehead atoms. The fraction of sp³-hybridized carbons (Fsp3) is 0.429. The van der Waals surface area contributed by atoms with Crippen LogP contribution in [0.2, 0.25) is 0 Å². The summed E-state index contributed by atoms with van der Waals surface area (Å²) in [5.74, 6) is 1.73. The van der Waals surface area contributed by atoms with Crippen LogP contribution in [0.15, 0.2) is 42.0 Å². The summed E-state index contributed by atoms with van der Waals surface area (Å²) in [5.41, 5.74) is 3.29. The Hall–Kier alpha value is -1.04. The smallest absolute Gasteiger partial charge is 0.00590 e. The van der Waals surface area contributed by atoms with Crippen molar-refractivity contribution in [3.63, 3.8) is 0 Å². The second kappa shape index (κ2) is 3.27. The average Bonchev–Trinajstić information content (AvgIpc) is 2.22. The molecule has 0 saturated heterocycles. The van der Waals surface area contributed by atoms with E-state index in [4.69, 9.17) is 0 Å². The van der Waals surface area contributed by atoms with E-state index in [2.05, 4.69) is 36.4 Å². The molecule has 0 amide bonds. The Bertz CT molecular complexity index is 348. The van der Waals surface area contributed by atoms with Gasteiger partial charge in [-0.1, -0.05) is 42.0 Å². The van der Waals surface area contributed by atoms with Crippen LogP contribution < -0.4 is 0 Å². The average molecular weight is 184 g/mol. The van der Waals surface area contributed by atoms with Gasteiger partial charge >= 0.3 is 0 Å². The molecule has 0 unspecified atom stereocenters. The maximum Gasteiger partial charge on any atom is -0.00590 e. The van der Waals surface area contributed by atoms with Crippen molar-refractivity contribution in [2.24, 2.45) is 5.92 Å². The number of benzene rings is 1. The molecule has 0 heterocycles. The number of fused-ring (bicyclic) bond motifs is 1. The number of allylic oxidation sites excluding steroid dienone is 2. The van der Waals surface area contributed by atoms with Crippen LogP contribution in [-0.4, -0.2) is 0 Å². The molecule has 0 aromatic heterocycles. The molecule has 1 aromatic rings. The van der Waals surface area contributed by atoms with Crippen molar-refractivity contribution in [1.29, 1.82) is 0 Å². The minimum atomic E-state index is 0.836. The van der Waals surface area contributed by atoms with Gasteiger partial charge in [0.1, 0.15) is 0 Å². The molecule has 0 aliphatic heterocycles. The fourth-order valence-corrected chi connectivity index (χ4v) is 2.94. The highest BCUT2D eigenvalue weighted by molar-refractivity contribution is 5.33. The summed E-state index contributed by atoms with van der Waals surface area (Å²) < 4.78 is 0. The van der Waals surface area contributed by atoms with Crippen LogP contribution in [0.25, 0.3) is 0 Å². The Morgan fingerprint density at radius 1 is 1.00 bits per heavy atom. The van der Waals surface area contributed by atoms with Gasteiger partial charge in [-0.05, 0) is 43.1 Å². The first-order valence-corrected chi connectivity index (χ1v) is 5.69. The van der Waals surface area contributed by atoms with Gasteiger partial charge in [0.2, 0.25) is 0 Å². The molecule has 14 heavy (non-hydrogen) atoms. The molecule has 0 spiro atoms. The zero-order valence-corrected chi connectivity index (χ0v) is 8.45. The molecular weight excluding hydrogens is 168 g/mol. The van der Waals surface area contributed by atoms with Crippen LogP contribution in [0.5, 0.6) is 0 Å². The Morgan fingerprint density at radius 2 is 1.86 bits per heavy atom. The molecule has 0 nitrogen and oxygen atoms in total. The van der Waals surface area contributed by atoms with Crippen LogP contribution >= 0.6 is 0 Å². The lowest BCUT2D eigenvalue weighted by Gasteiger charge is -2.42. The molecular formula is C14H16. The molecule has 2 aliphatic rings. The lowest BCUT2D eigenvalue weighted by atomic mass is 9.62. The van der Waals surface area contributed by atoms with E-state index in [1.165, 1.54) is 25.7 Å². The SMILES string of the molecule is C1=C2C[C@H](c3ccccc3)[C@H]2CCC1. The molecule has 2 atom stereocenters. The first-order chi connectivity index (χ1) is 6.95. The molecule has 2 aliphatic carbocycles. The minimum absolute atomic E-state index is 0.836. The van der Waals surface area contributed by atoms with Gasteiger partial charge in [-0.2, -0.15) is 0 Å². The number of rotatable bonds is 1. The van der Waals surface area contributed by atoms with Crippen molar-refractivity contribution in [1.82, 2.24) is 0 Å². The summed E-state index contributed by atoms with van der Waals surface area (Å²) in [4.78, 5) is 0. The lowest BCUT2D eigenvalue weighted by Crippen LogP contribution is -2.28. The van der Waals surface area contributed by atoms with Crippen LogP contribution in [0.4, 0.5) is 0 Å². The van der Waals surface area contributed by atoms with E-state index in [9.17, 15) is 0 Å². The van der Waals surface area contributed by atoms with Crippen molar-refractivity contribution in [2.45, 2.75) is 31.6 Å². The van der Waals surface area contributed by atoms with E-state index in [1.807, 2.05) is 0 Å². The monoisotopic (exact) mass is 184 g/mol. The van der Waals surface area contributed by atoms with Crippen LogP contribution in [0, 0.1) is 5.92 Å². The summed E-state index contributed by atoms with van der Waals surface area (Å²) >= 11 is 0. The quantitative estimate of drug-likeness (QED) is 0.581. The zero-order valence-electron chi connectivity index (χ0n) is 8.45. The summed E-state index contributed by atoms with van der Waals surface area (Å²) in [5, 5.41) is 0. The van der Waals surface area contributed by atoms with E-state index in [0.717, 1.165) is 11.8 Å². The van der Waals surface area contributed by atoms with Crippen LogP contribution in [0.1, 0.15) is 37.2 Å². The molecule has 0 radical (unpaired) electrons. The molecule has 3 rings (SSSR count). The molecule has 1 saturated carbocycles. The van der Waals surface area contributed by atoms with Gasteiger partial charge in [0.25, 0.3) is 0 Å². The van der Waals surface area contributed by atoms with Crippen molar-refractivity contribution in [3.05, 3.63) is 47.5 Å². The second-order valence-corrected chi connectivity index (χ2v) is 4.54. The van der Waals surface area contributed by atoms with E-state index in [1.54, 1.807) is 11.1 Å². The van der Waals surface area contributed by atoms with E-state index in [-0.39, 0.29) is 0 Å². The standard InChI is InChI=1S/C14H16/c1-2-6-11(7-3-1)14-10-12-8-4-5-9-13(12)14/h1-3,6-8,13-14H,4-5,9-10H2/t13-,14+/m0/s1. The number of hydrogen-bond acceptors (Lipinski definition) is 0. The first-order valence-electron chi connectivity index (χ1n) is 5.69.